The van der Waals surface area contributed by atoms with Crippen LogP contribution in [0.15, 0.2) is 42.5 Å². The van der Waals surface area contributed by atoms with E-state index in [9.17, 15) is 5.26 Å². The number of ether oxygens (including phenoxy) is 2. The molecule has 1 fully saturated rings. The fraction of sp³-hybridized carbons (Fsp3) is 0.222. The molecule has 0 radical (unpaired) electrons. The second kappa shape index (κ2) is 4.26. The number of nitriles is 1. The van der Waals surface area contributed by atoms with Crippen LogP contribution in [0.25, 0.3) is 11.0 Å². The van der Waals surface area contributed by atoms with Gasteiger partial charge in [0.1, 0.15) is 11.2 Å². The lowest BCUT2D eigenvalue weighted by Gasteiger charge is -2.08. The second-order valence-electron chi connectivity index (χ2n) is 6.02. The molecule has 1 saturated carbocycles. The topological polar surface area (TPSA) is 70.9 Å². The van der Waals surface area contributed by atoms with Gasteiger partial charge in [0.05, 0.1) is 17.1 Å². The number of hydrogen-bond donors (Lipinski definition) is 1. The molecule has 5 rings (SSSR count). The first-order valence-electron chi connectivity index (χ1n) is 7.57. The van der Waals surface area contributed by atoms with Gasteiger partial charge in [-0.15, -0.1) is 0 Å². The van der Waals surface area contributed by atoms with Crippen LogP contribution >= 0.6 is 0 Å². The maximum atomic E-state index is 9.83. The number of hydrogen-bond acceptors (Lipinski definition) is 4. The van der Waals surface area contributed by atoms with E-state index in [1.165, 1.54) is 0 Å². The van der Waals surface area contributed by atoms with Crippen molar-refractivity contribution in [1.29, 1.82) is 5.26 Å². The van der Waals surface area contributed by atoms with Crippen molar-refractivity contribution in [3.63, 3.8) is 0 Å². The van der Waals surface area contributed by atoms with Crippen LogP contribution < -0.4 is 9.47 Å². The van der Waals surface area contributed by atoms with Gasteiger partial charge in [0, 0.05) is 11.5 Å². The van der Waals surface area contributed by atoms with Gasteiger partial charge in [-0.05, 0) is 24.6 Å². The number of aromatic nitrogens is 2. The molecule has 112 valence electrons. The SMILES string of the molecule is N#C[C@@]1(c2nc3ccccc3[nH]2)C[C@@H]1c1cccc2c1OCO2. The van der Waals surface area contributed by atoms with E-state index in [1.54, 1.807) is 0 Å². The van der Waals surface area contributed by atoms with Crippen LogP contribution in [0.1, 0.15) is 23.7 Å². The van der Waals surface area contributed by atoms with E-state index >= 15 is 0 Å². The number of rotatable bonds is 2. The Hall–Kier alpha value is -3.00. The molecule has 5 nitrogen and oxygen atoms in total. The minimum Gasteiger partial charge on any atom is -0.454 e. The number of aromatic amines is 1. The molecule has 1 aromatic heterocycles. The number of para-hydroxylation sites is 3. The summed E-state index contributed by atoms with van der Waals surface area (Å²) in [4.78, 5) is 7.95. The van der Waals surface area contributed by atoms with E-state index in [1.807, 2.05) is 42.5 Å². The van der Waals surface area contributed by atoms with Crippen LogP contribution in [-0.2, 0) is 5.41 Å². The lowest BCUT2D eigenvalue weighted by atomic mass is 9.99. The summed E-state index contributed by atoms with van der Waals surface area (Å²) in [5, 5.41) is 9.83. The van der Waals surface area contributed by atoms with Gasteiger partial charge < -0.3 is 14.5 Å². The molecule has 5 heteroatoms. The number of H-pyrrole nitrogens is 1. The van der Waals surface area contributed by atoms with Gasteiger partial charge in [0.25, 0.3) is 0 Å². The number of fused-ring (bicyclic) bond motifs is 2. The summed E-state index contributed by atoms with van der Waals surface area (Å²) in [5.74, 6) is 2.34. The highest BCUT2D eigenvalue weighted by atomic mass is 16.7. The smallest absolute Gasteiger partial charge is 0.231 e. The Labute approximate surface area is 132 Å². The second-order valence-corrected chi connectivity index (χ2v) is 6.02. The average Bonchev–Trinajstić information content (AvgIpc) is 2.95. The molecular weight excluding hydrogens is 290 g/mol. The minimum atomic E-state index is -0.611. The minimum absolute atomic E-state index is 0.0738. The molecule has 2 atom stereocenters. The first-order chi connectivity index (χ1) is 11.3. The lowest BCUT2D eigenvalue weighted by Crippen LogP contribution is -2.09. The van der Waals surface area contributed by atoms with E-state index in [2.05, 4.69) is 16.0 Å². The Morgan fingerprint density at radius 1 is 1.17 bits per heavy atom. The fourth-order valence-corrected chi connectivity index (χ4v) is 3.47. The van der Waals surface area contributed by atoms with Crippen molar-refractivity contribution in [2.45, 2.75) is 17.8 Å². The predicted octanol–water partition coefficient (Wildman–Crippen LogP) is 3.24. The summed E-state index contributed by atoms with van der Waals surface area (Å²) in [6.45, 7) is 0.239. The summed E-state index contributed by atoms with van der Waals surface area (Å²) in [7, 11) is 0. The van der Waals surface area contributed by atoms with E-state index in [4.69, 9.17) is 9.47 Å². The maximum Gasteiger partial charge on any atom is 0.231 e. The third kappa shape index (κ3) is 1.63. The summed E-state index contributed by atoms with van der Waals surface area (Å²) < 4.78 is 11.0. The van der Waals surface area contributed by atoms with Gasteiger partial charge in [-0.1, -0.05) is 24.3 Å². The van der Waals surface area contributed by atoms with Crippen molar-refractivity contribution in [2.75, 3.05) is 6.79 Å². The molecule has 1 N–H and O–H groups in total. The standard InChI is InChI=1S/C18H13N3O2/c19-9-18(17-20-13-5-1-2-6-14(13)21-17)8-12(18)11-4-3-7-15-16(11)23-10-22-15/h1-7,12H,8,10H2,(H,20,21)/t12-,18+/m1/s1. The van der Waals surface area contributed by atoms with Crippen LogP contribution in [0.3, 0.4) is 0 Å². The first-order valence-corrected chi connectivity index (χ1v) is 7.57. The predicted molar refractivity (Wildman–Crippen MR) is 83.3 cm³/mol. The lowest BCUT2D eigenvalue weighted by molar-refractivity contribution is 0.173. The third-order valence-electron chi connectivity index (χ3n) is 4.77. The molecule has 23 heavy (non-hydrogen) atoms. The molecule has 1 aliphatic heterocycles. The quantitative estimate of drug-likeness (QED) is 0.789. The number of nitrogens with one attached hydrogen (secondary N) is 1. The Morgan fingerprint density at radius 3 is 2.96 bits per heavy atom. The van der Waals surface area contributed by atoms with Crippen molar-refractivity contribution in [2.24, 2.45) is 0 Å². The molecule has 2 aromatic carbocycles. The summed E-state index contributed by atoms with van der Waals surface area (Å²) in [5.41, 5.74) is 2.27. The van der Waals surface area contributed by atoms with Crippen LogP contribution in [0.5, 0.6) is 11.5 Å². The zero-order valence-electron chi connectivity index (χ0n) is 12.2. The maximum absolute atomic E-state index is 9.83. The van der Waals surface area contributed by atoms with E-state index in [-0.39, 0.29) is 12.7 Å². The van der Waals surface area contributed by atoms with Gasteiger partial charge >= 0.3 is 0 Å². The summed E-state index contributed by atoms with van der Waals surface area (Å²) >= 11 is 0. The van der Waals surface area contributed by atoms with Crippen LogP contribution in [-0.4, -0.2) is 16.8 Å². The van der Waals surface area contributed by atoms with Gasteiger partial charge in [-0.2, -0.15) is 5.26 Å². The molecule has 2 aliphatic rings. The summed E-state index contributed by atoms with van der Waals surface area (Å²) in [6.07, 6.45) is 0.739. The van der Waals surface area contributed by atoms with E-state index in [0.29, 0.717) is 0 Å². The molecule has 0 amide bonds. The highest BCUT2D eigenvalue weighted by Gasteiger charge is 2.60. The van der Waals surface area contributed by atoms with Crippen LogP contribution in [0, 0.1) is 11.3 Å². The van der Waals surface area contributed by atoms with Crippen LogP contribution in [0.4, 0.5) is 0 Å². The summed E-state index contributed by atoms with van der Waals surface area (Å²) in [6, 6.07) is 16.2. The monoisotopic (exact) mass is 303 g/mol. The molecule has 0 saturated heterocycles. The van der Waals surface area contributed by atoms with Crippen molar-refractivity contribution in [3.05, 3.63) is 53.9 Å². The van der Waals surface area contributed by atoms with Gasteiger partial charge in [0.15, 0.2) is 11.5 Å². The van der Waals surface area contributed by atoms with Crippen molar-refractivity contribution < 1.29 is 9.47 Å². The first kappa shape index (κ1) is 12.5. The van der Waals surface area contributed by atoms with E-state index in [0.717, 1.165) is 40.3 Å². The van der Waals surface area contributed by atoms with Gasteiger partial charge in [-0.3, -0.25) is 0 Å². The zero-order chi connectivity index (χ0) is 15.4. The molecule has 1 aliphatic carbocycles. The molecule has 2 heterocycles. The van der Waals surface area contributed by atoms with Gasteiger partial charge in [0.2, 0.25) is 6.79 Å². The van der Waals surface area contributed by atoms with Crippen LogP contribution in [0.2, 0.25) is 0 Å². The number of nitrogens with zero attached hydrogens (tertiary/aromatic N) is 2. The van der Waals surface area contributed by atoms with Crippen molar-refractivity contribution in [3.8, 4) is 17.6 Å². The Morgan fingerprint density at radius 2 is 2.09 bits per heavy atom. The Kier molecular flexibility index (Phi) is 2.32. The molecule has 0 spiro atoms. The van der Waals surface area contributed by atoms with Crippen molar-refractivity contribution in [1.82, 2.24) is 9.97 Å². The number of benzene rings is 2. The zero-order valence-corrected chi connectivity index (χ0v) is 12.2. The Bertz CT molecular complexity index is 939. The molecular formula is C18H13N3O2. The largest absolute Gasteiger partial charge is 0.454 e. The number of imidazole rings is 1. The fourth-order valence-electron chi connectivity index (χ4n) is 3.47. The highest BCUT2D eigenvalue weighted by molar-refractivity contribution is 5.75. The average molecular weight is 303 g/mol. The Balaban J connectivity index is 1.60. The normalized spacial score (nSPS) is 24.6. The molecule has 0 unspecified atom stereocenters. The molecule has 3 aromatic rings. The van der Waals surface area contributed by atoms with E-state index < -0.39 is 5.41 Å². The molecule has 0 bridgehead atoms. The third-order valence-corrected chi connectivity index (χ3v) is 4.77. The van der Waals surface area contributed by atoms with Crippen molar-refractivity contribution >= 4 is 11.0 Å². The highest BCUT2D eigenvalue weighted by Crippen LogP contribution is 2.62. The van der Waals surface area contributed by atoms with Gasteiger partial charge in [-0.25, -0.2) is 4.98 Å².